The maximum atomic E-state index is 5.77. The highest BCUT2D eigenvalue weighted by Gasteiger charge is 2.15. The van der Waals surface area contributed by atoms with Crippen molar-refractivity contribution in [1.29, 1.82) is 0 Å². The summed E-state index contributed by atoms with van der Waals surface area (Å²) in [5.41, 5.74) is 1.07. The highest BCUT2D eigenvalue weighted by Crippen LogP contribution is 2.31. The Kier molecular flexibility index (Phi) is 3.45. The lowest BCUT2D eigenvalue weighted by Crippen LogP contribution is -2.07. The van der Waals surface area contributed by atoms with Crippen molar-refractivity contribution in [2.24, 2.45) is 0 Å². The van der Waals surface area contributed by atoms with Crippen LogP contribution in [0, 0.1) is 0 Å². The molecule has 1 aromatic heterocycles. The van der Waals surface area contributed by atoms with Gasteiger partial charge in [-0.3, -0.25) is 4.68 Å². The van der Waals surface area contributed by atoms with Gasteiger partial charge in [-0.05, 0) is 45.9 Å². The third-order valence-corrected chi connectivity index (χ3v) is 2.72. The standard InChI is InChI=1S/C14H20N2O2/c1-9(2)16-13-7-6-11(17-5)8-12(13)14(15-16)18-10(3)4/h6-10H,1-5H3. The summed E-state index contributed by atoms with van der Waals surface area (Å²) in [6, 6.07) is 6.24. The monoisotopic (exact) mass is 248 g/mol. The molecule has 0 atom stereocenters. The van der Waals surface area contributed by atoms with Gasteiger partial charge in [-0.15, -0.1) is 5.10 Å². The van der Waals surface area contributed by atoms with E-state index < -0.39 is 0 Å². The number of methoxy groups -OCH3 is 1. The van der Waals surface area contributed by atoms with E-state index in [9.17, 15) is 0 Å². The molecule has 0 aliphatic rings. The minimum Gasteiger partial charge on any atom is -0.497 e. The van der Waals surface area contributed by atoms with Crippen molar-refractivity contribution in [3.8, 4) is 11.6 Å². The molecular formula is C14H20N2O2. The maximum Gasteiger partial charge on any atom is 0.241 e. The molecule has 0 aliphatic carbocycles. The summed E-state index contributed by atoms with van der Waals surface area (Å²) < 4.78 is 13.0. The molecule has 0 unspecified atom stereocenters. The molecule has 0 amide bonds. The minimum atomic E-state index is 0.106. The second-order valence-corrected chi connectivity index (χ2v) is 4.89. The number of hydrogen-bond donors (Lipinski definition) is 0. The van der Waals surface area contributed by atoms with Gasteiger partial charge in [-0.2, -0.15) is 0 Å². The number of hydrogen-bond acceptors (Lipinski definition) is 3. The SMILES string of the molecule is COc1ccc2c(c1)c(OC(C)C)nn2C(C)C. The molecule has 18 heavy (non-hydrogen) atoms. The predicted molar refractivity (Wildman–Crippen MR) is 72.4 cm³/mol. The average molecular weight is 248 g/mol. The third-order valence-electron chi connectivity index (χ3n) is 2.72. The zero-order valence-electron chi connectivity index (χ0n) is 11.6. The first kappa shape index (κ1) is 12.7. The second-order valence-electron chi connectivity index (χ2n) is 4.89. The molecule has 0 saturated heterocycles. The number of ether oxygens (including phenoxy) is 2. The Hall–Kier alpha value is -1.71. The Morgan fingerprint density at radius 3 is 2.44 bits per heavy atom. The zero-order chi connectivity index (χ0) is 13.3. The van der Waals surface area contributed by atoms with E-state index in [0.717, 1.165) is 16.7 Å². The van der Waals surface area contributed by atoms with Crippen molar-refractivity contribution in [2.75, 3.05) is 7.11 Å². The van der Waals surface area contributed by atoms with Gasteiger partial charge in [0.05, 0.1) is 24.1 Å². The fourth-order valence-corrected chi connectivity index (χ4v) is 1.92. The zero-order valence-corrected chi connectivity index (χ0v) is 11.6. The van der Waals surface area contributed by atoms with Crippen molar-refractivity contribution in [2.45, 2.75) is 39.8 Å². The highest BCUT2D eigenvalue weighted by atomic mass is 16.5. The van der Waals surface area contributed by atoms with Gasteiger partial charge in [0.25, 0.3) is 0 Å². The van der Waals surface area contributed by atoms with Crippen molar-refractivity contribution < 1.29 is 9.47 Å². The topological polar surface area (TPSA) is 36.3 Å². The van der Waals surface area contributed by atoms with Crippen LogP contribution in [0.1, 0.15) is 33.7 Å². The molecule has 0 aliphatic heterocycles. The molecule has 0 N–H and O–H groups in total. The lowest BCUT2D eigenvalue weighted by atomic mass is 10.2. The van der Waals surface area contributed by atoms with Crippen LogP contribution in [0.5, 0.6) is 11.6 Å². The average Bonchev–Trinajstić information content (AvgIpc) is 2.67. The smallest absolute Gasteiger partial charge is 0.241 e. The van der Waals surface area contributed by atoms with E-state index in [0.29, 0.717) is 11.9 Å². The highest BCUT2D eigenvalue weighted by molar-refractivity contribution is 5.86. The molecule has 4 heteroatoms. The molecular weight excluding hydrogens is 228 g/mol. The first-order valence-corrected chi connectivity index (χ1v) is 6.26. The van der Waals surface area contributed by atoms with Gasteiger partial charge in [0.1, 0.15) is 5.75 Å². The van der Waals surface area contributed by atoms with Crippen LogP contribution < -0.4 is 9.47 Å². The number of fused-ring (bicyclic) bond motifs is 1. The minimum absolute atomic E-state index is 0.106. The molecule has 1 heterocycles. The normalized spacial score (nSPS) is 11.5. The quantitative estimate of drug-likeness (QED) is 0.832. The molecule has 2 rings (SSSR count). The van der Waals surface area contributed by atoms with E-state index >= 15 is 0 Å². The number of nitrogens with zero attached hydrogens (tertiary/aromatic N) is 2. The summed E-state index contributed by atoms with van der Waals surface area (Å²) in [5.74, 6) is 1.49. The molecule has 1 aromatic carbocycles. The van der Waals surface area contributed by atoms with Crippen molar-refractivity contribution >= 4 is 10.9 Å². The molecule has 0 radical (unpaired) electrons. The lowest BCUT2D eigenvalue weighted by Gasteiger charge is -2.07. The molecule has 0 spiro atoms. The number of rotatable bonds is 4. The molecule has 0 bridgehead atoms. The summed E-state index contributed by atoms with van der Waals surface area (Å²) in [7, 11) is 1.66. The van der Waals surface area contributed by atoms with Gasteiger partial charge in [0.15, 0.2) is 0 Å². The van der Waals surface area contributed by atoms with Crippen LogP contribution in [0.25, 0.3) is 10.9 Å². The van der Waals surface area contributed by atoms with Gasteiger partial charge >= 0.3 is 0 Å². The molecule has 2 aromatic rings. The Balaban J connectivity index is 2.60. The largest absolute Gasteiger partial charge is 0.497 e. The van der Waals surface area contributed by atoms with Crippen LogP contribution in [-0.4, -0.2) is 23.0 Å². The van der Waals surface area contributed by atoms with Crippen LogP contribution in [-0.2, 0) is 0 Å². The first-order valence-electron chi connectivity index (χ1n) is 6.26. The first-order chi connectivity index (χ1) is 8.52. The summed E-state index contributed by atoms with van der Waals surface area (Å²) in [4.78, 5) is 0. The summed E-state index contributed by atoms with van der Waals surface area (Å²) >= 11 is 0. The predicted octanol–water partition coefficient (Wildman–Crippen LogP) is 3.41. The van der Waals surface area contributed by atoms with E-state index in [1.165, 1.54) is 0 Å². The Morgan fingerprint density at radius 1 is 1.17 bits per heavy atom. The lowest BCUT2D eigenvalue weighted by molar-refractivity contribution is 0.231. The Bertz CT molecular complexity index is 544. The summed E-state index contributed by atoms with van der Waals surface area (Å²) in [5, 5.41) is 5.54. The van der Waals surface area contributed by atoms with Crippen LogP contribution in [0.4, 0.5) is 0 Å². The van der Waals surface area contributed by atoms with Crippen molar-refractivity contribution in [3.63, 3.8) is 0 Å². The number of benzene rings is 1. The van der Waals surface area contributed by atoms with Crippen LogP contribution in [0.3, 0.4) is 0 Å². The maximum absolute atomic E-state index is 5.77. The van der Waals surface area contributed by atoms with E-state index in [2.05, 4.69) is 18.9 Å². The third kappa shape index (κ3) is 2.28. The fourth-order valence-electron chi connectivity index (χ4n) is 1.92. The van der Waals surface area contributed by atoms with Crippen LogP contribution >= 0.6 is 0 Å². The summed E-state index contributed by atoms with van der Waals surface area (Å²) in [6.45, 7) is 8.21. The van der Waals surface area contributed by atoms with E-state index in [1.54, 1.807) is 7.11 Å². The Morgan fingerprint density at radius 2 is 1.89 bits per heavy atom. The second kappa shape index (κ2) is 4.88. The Labute approximate surface area is 108 Å². The van der Waals surface area contributed by atoms with Crippen LogP contribution in [0.2, 0.25) is 0 Å². The fraction of sp³-hybridized carbons (Fsp3) is 0.500. The molecule has 0 fully saturated rings. The molecule has 98 valence electrons. The molecule has 0 saturated carbocycles. The summed E-state index contributed by atoms with van der Waals surface area (Å²) in [6.07, 6.45) is 0.106. The van der Waals surface area contributed by atoms with Crippen LogP contribution in [0.15, 0.2) is 18.2 Å². The van der Waals surface area contributed by atoms with Crippen molar-refractivity contribution in [1.82, 2.24) is 9.78 Å². The van der Waals surface area contributed by atoms with Gasteiger partial charge in [0, 0.05) is 6.04 Å². The number of aromatic nitrogens is 2. The van der Waals surface area contributed by atoms with Crippen molar-refractivity contribution in [3.05, 3.63) is 18.2 Å². The van der Waals surface area contributed by atoms with Gasteiger partial charge < -0.3 is 9.47 Å². The molecule has 4 nitrogen and oxygen atoms in total. The van der Waals surface area contributed by atoms with E-state index in [1.807, 2.05) is 36.7 Å². The van der Waals surface area contributed by atoms with Gasteiger partial charge in [-0.25, -0.2) is 0 Å². The van der Waals surface area contributed by atoms with Gasteiger partial charge in [0.2, 0.25) is 5.88 Å². The van der Waals surface area contributed by atoms with E-state index in [-0.39, 0.29) is 6.10 Å². The van der Waals surface area contributed by atoms with Gasteiger partial charge in [-0.1, -0.05) is 0 Å². The van der Waals surface area contributed by atoms with E-state index in [4.69, 9.17) is 9.47 Å².